The van der Waals surface area contributed by atoms with Gasteiger partial charge in [-0.1, -0.05) is 24.8 Å². The number of allylic oxidation sites excluding steroid dienone is 3. The van der Waals surface area contributed by atoms with Crippen molar-refractivity contribution in [2.45, 2.75) is 20.3 Å². The number of likely N-dealkylation sites (tertiary alicyclic amines) is 1. The number of carbonyl (C=O) groups is 1. The van der Waals surface area contributed by atoms with Gasteiger partial charge in [0, 0.05) is 20.0 Å². The first-order chi connectivity index (χ1) is 6.69. The molecule has 2 nitrogen and oxygen atoms in total. The van der Waals surface area contributed by atoms with E-state index >= 15 is 0 Å². The highest BCUT2D eigenvalue weighted by Gasteiger charge is 2.18. The Kier molecular flexibility index (Phi) is 3.69. The van der Waals surface area contributed by atoms with Gasteiger partial charge in [0.05, 0.1) is 0 Å². The van der Waals surface area contributed by atoms with Crippen molar-refractivity contribution in [2.24, 2.45) is 0 Å². The van der Waals surface area contributed by atoms with Crippen LogP contribution in [0.4, 0.5) is 0 Å². The van der Waals surface area contributed by atoms with Gasteiger partial charge in [-0.3, -0.25) is 4.79 Å². The van der Waals surface area contributed by atoms with Gasteiger partial charge in [-0.2, -0.15) is 0 Å². The third-order valence-electron chi connectivity index (χ3n) is 2.54. The topological polar surface area (TPSA) is 20.3 Å². The van der Waals surface area contributed by atoms with E-state index in [1.54, 1.807) is 6.92 Å². The second-order valence-corrected chi connectivity index (χ2v) is 3.43. The fraction of sp³-hybridized carbons (Fsp3) is 0.417. The first kappa shape index (κ1) is 10.8. The van der Waals surface area contributed by atoms with Crippen molar-refractivity contribution in [3.05, 3.63) is 36.0 Å². The lowest BCUT2D eigenvalue weighted by atomic mass is 9.97. The van der Waals surface area contributed by atoms with Gasteiger partial charge < -0.3 is 4.90 Å². The fourth-order valence-electron chi connectivity index (χ4n) is 1.68. The number of hydrogen-bond acceptors (Lipinski definition) is 1. The van der Waals surface area contributed by atoms with E-state index in [9.17, 15) is 4.79 Å². The van der Waals surface area contributed by atoms with Crippen LogP contribution in [0.5, 0.6) is 0 Å². The Morgan fingerprint density at radius 1 is 1.50 bits per heavy atom. The van der Waals surface area contributed by atoms with Crippen LogP contribution < -0.4 is 0 Å². The fourth-order valence-corrected chi connectivity index (χ4v) is 1.68. The first-order valence-corrected chi connectivity index (χ1v) is 4.91. The summed E-state index contributed by atoms with van der Waals surface area (Å²) in [5, 5.41) is 0. The molecule has 14 heavy (non-hydrogen) atoms. The van der Waals surface area contributed by atoms with E-state index in [2.05, 4.69) is 12.7 Å². The standard InChI is InChI=1S/C12H17NO/c1-4-6-12-7-8-13(10(3)14)9-11(12)5-2/h4-6H,1,7-9H2,2-3H3/b11-5-,12-6-. The Balaban J connectivity index is 2.79. The second kappa shape index (κ2) is 4.80. The molecule has 1 rings (SSSR count). The van der Waals surface area contributed by atoms with E-state index in [4.69, 9.17) is 0 Å². The van der Waals surface area contributed by atoms with E-state index in [0.717, 1.165) is 19.5 Å². The minimum atomic E-state index is 0.155. The maximum Gasteiger partial charge on any atom is 0.219 e. The van der Waals surface area contributed by atoms with E-state index in [0.29, 0.717) is 0 Å². The summed E-state index contributed by atoms with van der Waals surface area (Å²) in [7, 11) is 0. The third kappa shape index (κ3) is 2.34. The third-order valence-corrected chi connectivity index (χ3v) is 2.54. The van der Waals surface area contributed by atoms with Gasteiger partial charge in [-0.05, 0) is 24.5 Å². The maximum atomic E-state index is 11.2. The van der Waals surface area contributed by atoms with Gasteiger partial charge >= 0.3 is 0 Å². The van der Waals surface area contributed by atoms with Crippen molar-refractivity contribution in [1.29, 1.82) is 0 Å². The highest BCUT2D eigenvalue weighted by molar-refractivity contribution is 5.74. The highest BCUT2D eigenvalue weighted by atomic mass is 16.2. The van der Waals surface area contributed by atoms with Crippen LogP contribution in [0.15, 0.2) is 36.0 Å². The summed E-state index contributed by atoms with van der Waals surface area (Å²) in [5.74, 6) is 0.155. The molecule has 1 amide bonds. The summed E-state index contributed by atoms with van der Waals surface area (Å²) < 4.78 is 0. The molecule has 0 spiro atoms. The van der Waals surface area contributed by atoms with Crippen molar-refractivity contribution in [1.82, 2.24) is 4.90 Å². The maximum absolute atomic E-state index is 11.2. The number of amides is 1. The van der Waals surface area contributed by atoms with Crippen LogP contribution in [0.1, 0.15) is 20.3 Å². The molecule has 0 aromatic carbocycles. The molecule has 2 heteroatoms. The number of hydrogen-bond donors (Lipinski definition) is 0. The Morgan fingerprint density at radius 3 is 2.71 bits per heavy atom. The smallest absolute Gasteiger partial charge is 0.219 e. The van der Waals surface area contributed by atoms with Crippen LogP contribution in [0, 0.1) is 0 Å². The predicted molar refractivity (Wildman–Crippen MR) is 58.9 cm³/mol. The van der Waals surface area contributed by atoms with Crippen molar-refractivity contribution in [2.75, 3.05) is 13.1 Å². The lowest BCUT2D eigenvalue weighted by Crippen LogP contribution is -2.35. The Labute approximate surface area is 85.6 Å². The molecule has 76 valence electrons. The largest absolute Gasteiger partial charge is 0.338 e. The lowest BCUT2D eigenvalue weighted by molar-refractivity contribution is -0.128. The lowest BCUT2D eigenvalue weighted by Gasteiger charge is -2.29. The highest BCUT2D eigenvalue weighted by Crippen LogP contribution is 2.21. The molecule has 0 unspecified atom stereocenters. The quantitative estimate of drug-likeness (QED) is 0.622. The average Bonchev–Trinajstić information content (AvgIpc) is 2.18. The van der Waals surface area contributed by atoms with Crippen molar-refractivity contribution in [3.63, 3.8) is 0 Å². The zero-order valence-corrected chi connectivity index (χ0v) is 8.92. The van der Waals surface area contributed by atoms with E-state index in [-0.39, 0.29) is 5.91 Å². The molecule has 0 radical (unpaired) electrons. The second-order valence-electron chi connectivity index (χ2n) is 3.43. The Hall–Kier alpha value is -1.31. The molecule has 1 heterocycles. The van der Waals surface area contributed by atoms with Crippen molar-refractivity contribution < 1.29 is 4.79 Å². The molecular weight excluding hydrogens is 174 g/mol. The minimum Gasteiger partial charge on any atom is -0.338 e. The number of nitrogens with zero attached hydrogens (tertiary/aromatic N) is 1. The van der Waals surface area contributed by atoms with Gasteiger partial charge in [0.1, 0.15) is 0 Å². The van der Waals surface area contributed by atoms with Crippen LogP contribution in [-0.4, -0.2) is 23.9 Å². The molecule has 0 aromatic heterocycles. The molecule has 0 bridgehead atoms. The normalized spacial score (nSPS) is 22.9. The zero-order valence-electron chi connectivity index (χ0n) is 8.92. The molecule has 0 atom stereocenters. The summed E-state index contributed by atoms with van der Waals surface area (Å²) in [6.07, 6.45) is 6.85. The predicted octanol–water partition coefficient (Wildman–Crippen LogP) is 2.30. The van der Waals surface area contributed by atoms with Gasteiger partial charge in [0.25, 0.3) is 0 Å². The van der Waals surface area contributed by atoms with E-state index < -0.39 is 0 Å². The van der Waals surface area contributed by atoms with Crippen LogP contribution >= 0.6 is 0 Å². The molecule has 0 aliphatic carbocycles. The SMILES string of the molecule is C=C/C=C1/CCN(C(C)=O)C/C1=C/C. The number of carbonyl (C=O) groups excluding carboxylic acids is 1. The Morgan fingerprint density at radius 2 is 2.21 bits per heavy atom. The molecule has 0 N–H and O–H groups in total. The van der Waals surface area contributed by atoms with E-state index in [1.165, 1.54) is 11.1 Å². The molecule has 0 saturated carbocycles. The van der Waals surface area contributed by atoms with Crippen molar-refractivity contribution in [3.8, 4) is 0 Å². The Bertz CT molecular complexity index is 299. The van der Waals surface area contributed by atoms with Gasteiger partial charge in [0.2, 0.25) is 5.91 Å². The molecule has 1 aliphatic heterocycles. The van der Waals surface area contributed by atoms with Gasteiger partial charge in [0.15, 0.2) is 0 Å². The van der Waals surface area contributed by atoms with Crippen LogP contribution in [0.25, 0.3) is 0 Å². The monoisotopic (exact) mass is 191 g/mol. The summed E-state index contributed by atoms with van der Waals surface area (Å²) >= 11 is 0. The first-order valence-electron chi connectivity index (χ1n) is 4.91. The number of piperidine rings is 1. The summed E-state index contributed by atoms with van der Waals surface area (Å²) in [6.45, 7) is 8.89. The van der Waals surface area contributed by atoms with Crippen molar-refractivity contribution >= 4 is 5.91 Å². The molecular formula is C12H17NO. The zero-order chi connectivity index (χ0) is 10.6. The number of rotatable bonds is 1. The van der Waals surface area contributed by atoms with Crippen LogP contribution in [0.3, 0.4) is 0 Å². The summed E-state index contributed by atoms with van der Waals surface area (Å²) in [5.41, 5.74) is 2.55. The van der Waals surface area contributed by atoms with Gasteiger partial charge in [-0.15, -0.1) is 0 Å². The summed E-state index contributed by atoms with van der Waals surface area (Å²) in [6, 6.07) is 0. The van der Waals surface area contributed by atoms with Gasteiger partial charge in [-0.25, -0.2) is 0 Å². The van der Waals surface area contributed by atoms with E-state index in [1.807, 2.05) is 24.0 Å². The molecule has 1 fully saturated rings. The molecule has 0 aromatic rings. The average molecular weight is 191 g/mol. The van der Waals surface area contributed by atoms with Crippen LogP contribution in [-0.2, 0) is 4.79 Å². The summed E-state index contributed by atoms with van der Waals surface area (Å²) in [4.78, 5) is 13.1. The molecule has 1 aliphatic rings. The minimum absolute atomic E-state index is 0.155. The van der Waals surface area contributed by atoms with Crippen LogP contribution in [0.2, 0.25) is 0 Å². The molecule has 1 saturated heterocycles.